The highest BCUT2D eigenvalue weighted by Gasteiger charge is 2.14. The van der Waals surface area contributed by atoms with Crippen molar-refractivity contribution in [3.05, 3.63) is 51.7 Å². The molecule has 0 bridgehead atoms. The lowest BCUT2D eigenvalue weighted by atomic mass is 10.1. The van der Waals surface area contributed by atoms with Crippen molar-refractivity contribution in [1.29, 1.82) is 5.26 Å². The molecular formula is C16H11NO5S. The molecule has 1 heterocycles. The predicted octanol–water partition coefficient (Wildman–Crippen LogP) is 2.97. The number of esters is 1. The fourth-order valence-corrected chi connectivity index (χ4v) is 2.31. The Morgan fingerprint density at radius 2 is 2.09 bits per heavy atom. The van der Waals surface area contributed by atoms with E-state index in [9.17, 15) is 9.59 Å². The first-order chi connectivity index (χ1) is 11.0. The molecule has 0 unspecified atom stereocenters. The molecule has 2 aromatic rings. The Morgan fingerprint density at radius 1 is 1.30 bits per heavy atom. The number of hydrogen-bond donors (Lipinski definition) is 1. The molecule has 6 nitrogen and oxygen atoms in total. The topological polar surface area (TPSA) is 96.6 Å². The number of nitrogens with zero attached hydrogens (tertiary/aromatic N) is 1. The quantitative estimate of drug-likeness (QED) is 0.392. The second-order valence-electron chi connectivity index (χ2n) is 4.25. The van der Waals surface area contributed by atoms with Crippen LogP contribution < -0.4 is 9.47 Å². The summed E-state index contributed by atoms with van der Waals surface area (Å²) in [6.07, 6.45) is 1.20. The molecule has 1 N–H and O–H groups in total. The number of benzene rings is 1. The lowest BCUT2D eigenvalue weighted by Crippen LogP contribution is -2.07. The average molecular weight is 329 g/mol. The van der Waals surface area contributed by atoms with E-state index in [-0.39, 0.29) is 11.5 Å². The summed E-state index contributed by atoms with van der Waals surface area (Å²) in [6, 6.07) is 9.46. The van der Waals surface area contributed by atoms with Crippen molar-refractivity contribution in [3.8, 4) is 17.6 Å². The maximum Gasteiger partial charge on any atom is 0.353 e. The van der Waals surface area contributed by atoms with Gasteiger partial charge in [0.15, 0.2) is 11.5 Å². The lowest BCUT2D eigenvalue weighted by molar-refractivity contribution is -0.132. The molecule has 7 heteroatoms. The number of hydrogen-bond acceptors (Lipinski definition) is 6. The van der Waals surface area contributed by atoms with E-state index in [2.05, 4.69) is 0 Å². The maximum atomic E-state index is 11.9. The number of rotatable bonds is 5. The zero-order valence-electron chi connectivity index (χ0n) is 12.0. The van der Waals surface area contributed by atoms with Gasteiger partial charge < -0.3 is 14.6 Å². The molecule has 0 atom stereocenters. The largest absolute Gasteiger partial charge is 0.493 e. The molecule has 0 aliphatic heterocycles. The van der Waals surface area contributed by atoms with E-state index in [1.54, 1.807) is 23.6 Å². The van der Waals surface area contributed by atoms with E-state index in [1.807, 2.05) is 0 Å². The third-order valence-corrected chi connectivity index (χ3v) is 3.62. The zero-order chi connectivity index (χ0) is 16.8. The minimum atomic E-state index is -1.32. The summed E-state index contributed by atoms with van der Waals surface area (Å²) in [4.78, 5) is 23.2. The molecule has 1 aromatic heterocycles. The fourth-order valence-electron chi connectivity index (χ4n) is 1.71. The molecule has 23 heavy (non-hydrogen) atoms. The van der Waals surface area contributed by atoms with Gasteiger partial charge in [-0.05, 0) is 35.2 Å². The number of carbonyl (C=O) groups is 2. The van der Waals surface area contributed by atoms with Crippen LogP contribution in [0.5, 0.6) is 11.5 Å². The summed E-state index contributed by atoms with van der Waals surface area (Å²) in [5.41, 5.74) is 0.0344. The Kier molecular flexibility index (Phi) is 5.12. The highest BCUT2D eigenvalue weighted by molar-refractivity contribution is 7.12. The molecule has 0 saturated heterocycles. The van der Waals surface area contributed by atoms with Crippen molar-refractivity contribution in [1.82, 2.24) is 0 Å². The molecule has 0 aliphatic rings. The van der Waals surface area contributed by atoms with Gasteiger partial charge in [0.2, 0.25) is 0 Å². The number of methoxy groups -OCH3 is 1. The van der Waals surface area contributed by atoms with Gasteiger partial charge in [-0.25, -0.2) is 9.59 Å². The van der Waals surface area contributed by atoms with Crippen LogP contribution in [-0.2, 0) is 4.79 Å². The number of carboxylic acid groups (broad SMARTS) is 1. The Bertz CT molecular complexity index is 802. The van der Waals surface area contributed by atoms with Gasteiger partial charge in [-0.1, -0.05) is 12.1 Å². The van der Waals surface area contributed by atoms with Gasteiger partial charge in [0.25, 0.3) is 0 Å². The summed E-state index contributed by atoms with van der Waals surface area (Å²) in [5.74, 6) is -1.37. The minimum absolute atomic E-state index is 0.205. The fraction of sp³-hybridized carbons (Fsp3) is 0.0625. The van der Waals surface area contributed by atoms with E-state index in [4.69, 9.17) is 19.8 Å². The number of carbonyl (C=O) groups excluding carboxylic acids is 1. The van der Waals surface area contributed by atoms with Crippen LogP contribution in [0.2, 0.25) is 0 Å². The van der Waals surface area contributed by atoms with Crippen molar-refractivity contribution < 1.29 is 24.2 Å². The Balaban J connectivity index is 2.28. The van der Waals surface area contributed by atoms with Crippen LogP contribution >= 0.6 is 11.3 Å². The lowest BCUT2D eigenvalue weighted by Gasteiger charge is -2.09. The molecule has 1 aromatic carbocycles. The van der Waals surface area contributed by atoms with E-state index in [1.165, 1.54) is 42.7 Å². The van der Waals surface area contributed by atoms with Gasteiger partial charge in [-0.2, -0.15) is 5.26 Å². The molecule has 0 radical (unpaired) electrons. The van der Waals surface area contributed by atoms with Gasteiger partial charge in [-0.15, -0.1) is 11.3 Å². The summed E-state index contributed by atoms with van der Waals surface area (Å²) in [6.45, 7) is 0. The Labute approximate surface area is 135 Å². The van der Waals surface area contributed by atoms with E-state index in [0.717, 1.165) is 0 Å². The van der Waals surface area contributed by atoms with E-state index in [0.29, 0.717) is 10.4 Å². The normalized spacial score (nSPS) is 10.7. The Morgan fingerprint density at radius 3 is 2.65 bits per heavy atom. The van der Waals surface area contributed by atoms with Gasteiger partial charge >= 0.3 is 11.9 Å². The van der Waals surface area contributed by atoms with Crippen LogP contribution in [0.3, 0.4) is 0 Å². The van der Waals surface area contributed by atoms with Crippen molar-refractivity contribution in [3.63, 3.8) is 0 Å². The van der Waals surface area contributed by atoms with Gasteiger partial charge in [0, 0.05) is 0 Å². The van der Waals surface area contributed by atoms with Crippen LogP contribution in [0.15, 0.2) is 41.3 Å². The third-order valence-electron chi connectivity index (χ3n) is 2.77. The first-order valence-corrected chi connectivity index (χ1v) is 7.22. The third kappa shape index (κ3) is 3.96. The van der Waals surface area contributed by atoms with Gasteiger partial charge in [0.05, 0.1) is 7.11 Å². The number of nitriles is 1. The summed E-state index contributed by atoms with van der Waals surface area (Å²) < 4.78 is 10.4. The number of aliphatic carboxylic acids is 1. The minimum Gasteiger partial charge on any atom is -0.493 e. The van der Waals surface area contributed by atoms with Gasteiger partial charge in [0.1, 0.15) is 16.5 Å². The second-order valence-corrected chi connectivity index (χ2v) is 5.20. The summed E-state index contributed by atoms with van der Waals surface area (Å²) in [5, 5.41) is 19.4. The van der Waals surface area contributed by atoms with Crippen LogP contribution in [0.25, 0.3) is 6.08 Å². The molecule has 2 rings (SSSR count). The summed E-state index contributed by atoms with van der Waals surface area (Å²) >= 11 is 1.26. The van der Waals surface area contributed by atoms with Crippen molar-refractivity contribution in [2.75, 3.05) is 7.11 Å². The van der Waals surface area contributed by atoms with E-state index >= 15 is 0 Å². The zero-order valence-corrected chi connectivity index (χ0v) is 12.8. The molecule has 0 amide bonds. The van der Waals surface area contributed by atoms with Crippen molar-refractivity contribution in [2.24, 2.45) is 0 Å². The average Bonchev–Trinajstić information content (AvgIpc) is 3.07. The smallest absolute Gasteiger partial charge is 0.353 e. The molecule has 116 valence electrons. The van der Waals surface area contributed by atoms with Crippen molar-refractivity contribution in [2.45, 2.75) is 0 Å². The Hall–Kier alpha value is -3.11. The highest BCUT2D eigenvalue weighted by Crippen LogP contribution is 2.30. The monoisotopic (exact) mass is 329 g/mol. The number of carboxylic acids is 1. The molecule has 0 saturated carbocycles. The standard InChI is InChI=1S/C16H11NO5S/c1-21-13-8-10(7-11(9-17)15(18)19)4-5-12(13)22-16(20)14-3-2-6-23-14/h2-8H,1H3,(H,18,19)/b11-7-. The maximum absolute atomic E-state index is 11.9. The van der Waals surface area contributed by atoms with Crippen LogP contribution in [0, 0.1) is 11.3 Å². The number of ether oxygens (including phenoxy) is 2. The first-order valence-electron chi connectivity index (χ1n) is 6.34. The molecular weight excluding hydrogens is 318 g/mol. The molecule has 0 fully saturated rings. The number of thiophene rings is 1. The second kappa shape index (κ2) is 7.24. The van der Waals surface area contributed by atoms with Crippen molar-refractivity contribution >= 4 is 29.4 Å². The van der Waals surface area contributed by atoms with Crippen LogP contribution in [0.4, 0.5) is 0 Å². The van der Waals surface area contributed by atoms with Crippen LogP contribution in [-0.4, -0.2) is 24.2 Å². The van der Waals surface area contributed by atoms with E-state index < -0.39 is 17.5 Å². The SMILES string of the molecule is COc1cc(/C=C(/C#N)C(=O)O)ccc1OC(=O)c1cccs1. The molecule has 0 spiro atoms. The summed E-state index contributed by atoms with van der Waals surface area (Å²) in [7, 11) is 1.40. The molecule has 0 aliphatic carbocycles. The predicted molar refractivity (Wildman–Crippen MR) is 83.5 cm³/mol. The highest BCUT2D eigenvalue weighted by atomic mass is 32.1. The van der Waals surface area contributed by atoms with Crippen LogP contribution in [0.1, 0.15) is 15.2 Å². The first kappa shape index (κ1) is 16.3. The van der Waals surface area contributed by atoms with Gasteiger partial charge in [-0.3, -0.25) is 0 Å².